The van der Waals surface area contributed by atoms with Crippen LogP contribution in [0.5, 0.6) is 0 Å². The molecule has 5 heteroatoms. The van der Waals surface area contributed by atoms with Gasteiger partial charge in [0.25, 0.3) is 5.24 Å². The van der Waals surface area contributed by atoms with Crippen LogP contribution < -0.4 is 0 Å². The second-order valence-corrected chi connectivity index (χ2v) is 4.67. The van der Waals surface area contributed by atoms with Crippen molar-refractivity contribution in [3.05, 3.63) is 66.5 Å². The van der Waals surface area contributed by atoms with Gasteiger partial charge in [-0.05, 0) is 48.0 Å². The molecular formula is C16H10ClN3O. The van der Waals surface area contributed by atoms with Crippen LogP contribution in [0, 0.1) is 0 Å². The highest BCUT2D eigenvalue weighted by Crippen LogP contribution is 2.23. The first-order valence-electron chi connectivity index (χ1n) is 6.29. The maximum Gasteiger partial charge on any atom is 0.252 e. The van der Waals surface area contributed by atoms with Gasteiger partial charge in [0.2, 0.25) is 0 Å². The SMILES string of the molecule is O=C(Cl)c1cc(-c2ccccn2)nc(-c2ccccn2)c1. The van der Waals surface area contributed by atoms with Crippen LogP contribution in [-0.2, 0) is 0 Å². The lowest BCUT2D eigenvalue weighted by molar-refractivity contribution is 0.108. The van der Waals surface area contributed by atoms with Gasteiger partial charge < -0.3 is 0 Å². The molecule has 0 fully saturated rings. The summed E-state index contributed by atoms with van der Waals surface area (Å²) in [7, 11) is 0. The molecule has 0 saturated carbocycles. The zero-order valence-corrected chi connectivity index (χ0v) is 11.7. The molecule has 0 saturated heterocycles. The van der Waals surface area contributed by atoms with Crippen molar-refractivity contribution in [2.24, 2.45) is 0 Å². The summed E-state index contributed by atoms with van der Waals surface area (Å²) in [6, 6.07) is 14.3. The molecule has 4 nitrogen and oxygen atoms in total. The summed E-state index contributed by atoms with van der Waals surface area (Å²) < 4.78 is 0. The predicted octanol–water partition coefficient (Wildman–Crippen LogP) is 3.58. The number of halogens is 1. The molecule has 0 spiro atoms. The highest BCUT2D eigenvalue weighted by Gasteiger charge is 2.11. The second-order valence-electron chi connectivity index (χ2n) is 4.33. The number of hydrogen-bond acceptors (Lipinski definition) is 4. The Morgan fingerprint density at radius 2 is 1.33 bits per heavy atom. The number of carbonyl (C=O) groups excluding carboxylic acids is 1. The standard InChI is InChI=1S/C16H10ClN3O/c17-16(21)11-9-14(12-5-1-3-7-18-12)20-15(10-11)13-6-2-4-8-19-13/h1-10H. The van der Waals surface area contributed by atoms with Gasteiger partial charge in [0.05, 0.1) is 22.8 Å². The van der Waals surface area contributed by atoms with Crippen molar-refractivity contribution in [3.63, 3.8) is 0 Å². The highest BCUT2D eigenvalue weighted by atomic mass is 35.5. The number of carbonyl (C=O) groups is 1. The molecular weight excluding hydrogens is 286 g/mol. The van der Waals surface area contributed by atoms with E-state index >= 15 is 0 Å². The fourth-order valence-electron chi connectivity index (χ4n) is 1.94. The Morgan fingerprint density at radius 3 is 1.71 bits per heavy atom. The van der Waals surface area contributed by atoms with Crippen molar-refractivity contribution in [2.45, 2.75) is 0 Å². The van der Waals surface area contributed by atoms with Crippen LogP contribution >= 0.6 is 11.6 Å². The zero-order valence-electron chi connectivity index (χ0n) is 10.9. The van der Waals surface area contributed by atoms with Crippen molar-refractivity contribution < 1.29 is 4.79 Å². The molecule has 0 unspecified atom stereocenters. The van der Waals surface area contributed by atoms with E-state index in [0.29, 0.717) is 28.3 Å². The molecule has 3 heterocycles. The van der Waals surface area contributed by atoms with Crippen molar-refractivity contribution >= 4 is 16.8 Å². The van der Waals surface area contributed by atoms with Crippen molar-refractivity contribution in [1.29, 1.82) is 0 Å². The summed E-state index contributed by atoms with van der Waals surface area (Å²) in [6.07, 6.45) is 3.35. The highest BCUT2D eigenvalue weighted by molar-refractivity contribution is 6.67. The summed E-state index contributed by atoms with van der Waals surface area (Å²) in [5.41, 5.74) is 2.89. The number of aromatic nitrogens is 3. The third-order valence-corrected chi connectivity index (χ3v) is 3.13. The summed E-state index contributed by atoms with van der Waals surface area (Å²) in [5.74, 6) is 0. The molecule has 0 aliphatic rings. The topological polar surface area (TPSA) is 55.7 Å². The Bertz CT molecular complexity index is 718. The van der Waals surface area contributed by atoms with Crippen LogP contribution in [0.2, 0.25) is 0 Å². The minimum atomic E-state index is -0.535. The normalized spacial score (nSPS) is 10.3. The fourth-order valence-corrected chi connectivity index (χ4v) is 2.04. The molecule has 0 amide bonds. The van der Waals surface area contributed by atoms with Gasteiger partial charge in [-0.2, -0.15) is 0 Å². The molecule has 3 rings (SSSR count). The average Bonchev–Trinajstić information content (AvgIpc) is 2.56. The average molecular weight is 296 g/mol. The van der Waals surface area contributed by atoms with Crippen LogP contribution in [0.1, 0.15) is 10.4 Å². The van der Waals surface area contributed by atoms with E-state index in [-0.39, 0.29) is 0 Å². The van der Waals surface area contributed by atoms with Crippen LogP contribution in [-0.4, -0.2) is 20.2 Å². The quantitative estimate of drug-likeness (QED) is 0.693. The van der Waals surface area contributed by atoms with Gasteiger partial charge in [-0.25, -0.2) is 4.98 Å². The monoisotopic (exact) mass is 295 g/mol. The van der Waals surface area contributed by atoms with Gasteiger partial charge in [-0.1, -0.05) is 12.1 Å². The molecule has 0 radical (unpaired) electrons. The van der Waals surface area contributed by atoms with E-state index in [1.165, 1.54) is 0 Å². The number of nitrogens with zero attached hydrogens (tertiary/aromatic N) is 3. The van der Waals surface area contributed by atoms with Gasteiger partial charge in [0.1, 0.15) is 0 Å². The van der Waals surface area contributed by atoms with Gasteiger partial charge in [-0.15, -0.1) is 0 Å². The Labute approximate surface area is 126 Å². The predicted molar refractivity (Wildman–Crippen MR) is 80.9 cm³/mol. The van der Waals surface area contributed by atoms with Gasteiger partial charge in [0, 0.05) is 18.0 Å². The molecule has 3 aromatic heterocycles. The number of rotatable bonds is 3. The van der Waals surface area contributed by atoms with Crippen molar-refractivity contribution in [1.82, 2.24) is 15.0 Å². The minimum absolute atomic E-state index is 0.368. The molecule has 0 aromatic carbocycles. The summed E-state index contributed by atoms with van der Waals surface area (Å²) in [6.45, 7) is 0. The number of hydrogen-bond donors (Lipinski definition) is 0. The van der Waals surface area contributed by atoms with Crippen molar-refractivity contribution in [3.8, 4) is 22.8 Å². The molecule has 3 aromatic rings. The van der Waals surface area contributed by atoms with Crippen LogP contribution in [0.25, 0.3) is 22.8 Å². The Kier molecular flexibility index (Phi) is 3.71. The second kappa shape index (κ2) is 5.81. The minimum Gasteiger partial charge on any atom is -0.276 e. The lowest BCUT2D eigenvalue weighted by Crippen LogP contribution is -1.97. The molecule has 102 valence electrons. The van der Waals surface area contributed by atoms with Crippen LogP contribution in [0.4, 0.5) is 0 Å². The van der Waals surface area contributed by atoms with Gasteiger partial charge >= 0.3 is 0 Å². The van der Waals surface area contributed by atoms with E-state index in [1.807, 2.05) is 36.4 Å². The lowest BCUT2D eigenvalue weighted by atomic mass is 10.1. The van der Waals surface area contributed by atoms with E-state index in [2.05, 4.69) is 15.0 Å². The lowest BCUT2D eigenvalue weighted by Gasteiger charge is -2.06. The van der Waals surface area contributed by atoms with E-state index in [9.17, 15) is 4.79 Å². The van der Waals surface area contributed by atoms with E-state index < -0.39 is 5.24 Å². The molecule has 0 bridgehead atoms. The third-order valence-electron chi connectivity index (χ3n) is 2.91. The molecule has 21 heavy (non-hydrogen) atoms. The first-order chi connectivity index (χ1) is 10.2. The maximum absolute atomic E-state index is 11.5. The molecule has 0 aliphatic carbocycles. The summed E-state index contributed by atoms with van der Waals surface area (Å²) >= 11 is 5.61. The largest absolute Gasteiger partial charge is 0.276 e. The van der Waals surface area contributed by atoms with E-state index in [0.717, 1.165) is 0 Å². The van der Waals surface area contributed by atoms with Crippen LogP contribution in [0.15, 0.2) is 60.9 Å². The Morgan fingerprint density at radius 1 is 0.810 bits per heavy atom. The van der Waals surface area contributed by atoms with Gasteiger partial charge in [0.15, 0.2) is 0 Å². The Hall–Kier alpha value is -2.59. The van der Waals surface area contributed by atoms with E-state index in [4.69, 9.17) is 11.6 Å². The summed E-state index contributed by atoms with van der Waals surface area (Å²) in [5, 5.41) is -0.535. The van der Waals surface area contributed by atoms with Gasteiger partial charge in [-0.3, -0.25) is 14.8 Å². The Balaban J connectivity index is 2.18. The van der Waals surface area contributed by atoms with Crippen molar-refractivity contribution in [2.75, 3.05) is 0 Å². The number of pyridine rings is 3. The fraction of sp³-hybridized carbons (Fsp3) is 0. The molecule has 0 atom stereocenters. The van der Waals surface area contributed by atoms with Crippen LogP contribution in [0.3, 0.4) is 0 Å². The first-order valence-corrected chi connectivity index (χ1v) is 6.66. The maximum atomic E-state index is 11.5. The first kappa shape index (κ1) is 13.4. The molecule has 0 N–H and O–H groups in total. The molecule has 0 aliphatic heterocycles. The van der Waals surface area contributed by atoms with E-state index in [1.54, 1.807) is 24.5 Å². The smallest absolute Gasteiger partial charge is 0.252 e. The zero-order chi connectivity index (χ0) is 14.7. The summed E-state index contributed by atoms with van der Waals surface area (Å²) in [4.78, 5) is 24.5. The third kappa shape index (κ3) is 2.95.